The number of benzene rings is 1. The highest BCUT2D eigenvalue weighted by Gasteiger charge is 2.30. The first-order valence-electron chi connectivity index (χ1n) is 9.49. The maximum atomic E-state index is 13.3. The van der Waals surface area contributed by atoms with Gasteiger partial charge in [0.25, 0.3) is 5.56 Å². The molecule has 0 aliphatic heterocycles. The minimum Gasteiger partial charge on any atom is -0.300 e. The van der Waals surface area contributed by atoms with Gasteiger partial charge in [0.05, 0.1) is 23.4 Å². The maximum absolute atomic E-state index is 13.3. The molecule has 0 amide bonds. The van der Waals surface area contributed by atoms with Crippen molar-refractivity contribution in [2.75, 3.05) is 0 Å². The van der Waals surface area contributed by atoms with E-state index in [1.807, 2.05) is 19.1 Å². The Labute approximate surface area is 157 Å². The van der Waals surface area contributed by atoms with Gasteiger partial charge in [0, 0.05) is 19.3 Å². The summed E-state index contributed by atoms with van der Waals surface area (Å²) in [6.45, 7) is 3.68. The van der Waals surface area contributed by atoms with Crippen LogP contribution in [0, 0.1) is 6.92 Å². The number of fused-ring (bicyclic) bond motifs is 1. The Bertz CT molecular complexity index is 974. The van der Waals surface area contributed by atoms with Crippen molar-refractivity contribution in [1.29, 1.82) is 0 Å². The number of Topliss-reactive ketones (excluding diaryl/α,β-unsaturated/α-hetero) is 3. The highest BCUT2D eigenvalue weighted by molar-refractivity contribution is 6.03. The predicted molar refractivity (Wildman–Crippen MR) is 102 cm³/mol. The molecule has 2 aromatic rings. The minimum absolute atomic E-state index is 0.0779. The molecule has 27 heavy (non-hydrogen) atoms. The molecule has 1 aliphatic carbocycles. The average Bonchev–Trinajstić information content (AvgIpc) is 2.61. The van der Waals surface area contributed by atoms with Gasteiger partial charge >= 0.3 is 0 Å². The number of nitrogens with zero attached hydrogens (tertiary/aromatic N) is 2. The Morgan fingerprint density at radius 1 is 1.22 bits per heavy atom. The molecule has 1 saturated carbocycles. The fourth-order valence-corrected chi connectivity index (χ4v) is 3.81. The molecule has 0 spiro atoms. The van der Waals surface area contributed by atoms with Gasteiger partial charge in [0.1, 0.15) is 17.4 Å². The van der Waals surface area contributed by atoms with Crippen LogP contribution in [0.15, 0.2) is 23.0 Å². The molecular weight excluding hydrogens is 344 g/mol. The van der Waals surface area contributed by atoms with Crippen LogP contribution in [-0.2, 0) is 20.8 Å². The summed E-state index contributed by atoms with van der Waals surface area (Å²) in [6, 6.07) is 4.82. The van der Waals surface area contributed by atoms with Crippen molar-refractivity contribution in [3.05, 3.63) is 39.9 Å². The van der Waals surface area contributed by atoms with E-state index < -0.39 is 6.04 Å². The molecule has 0 N–H and O–H groups in total. The largest absolute Gasteiger partial charge is 0.300 e. The van der Waals surface area contributed by atoms with Gasteiger partial charge in [-0.1, -0.05) is 19.1 Å². The molecule has 0 radical (unpaired) electrons. The molecule has 1 aromatic heterocycles. The summed E-state index contributed by atoms with van der Waals surface area (Å²) in [6.07, 6.45) is 2.73. The summed E-state index contributed by atoms with van der Waals surface area (Å²) >= 11 is 0. The van der Waals surface area contributed by atoms with Crippen molar-refractivity contribution in [3.8, 4) is 0 Å². The van der Waals surface area contributed by atoms with Gasteiger partial charge in [-0.15, -0.1) is 0 Å². The van der Waals surface area contributed by atoms with Gasteiger partial charge in [0.2, 0.25) is 0 Å². The van der Waals surface area contributed by atoms with Crippen LogP contribution in [0.5, 0.6) is 0 Å². The number of rotatable bonds is 6. The number of carbonyl (C=O) groups is 3. The lowest BCUT2D eigenvalue weighted by Gasteiger charge is -2.24. The summed E-state index contributed by atoms with van der Waals surface area (Å²) in [4.78, 5) is 53.6. The van der Waals surface area contributed by atoms with E-state index in [0.717, 1.165) is 12.0 Å². The zero-order chi connectivity index (χ0) is 19.6. The number of ketones is 3. The van der Waals surface area contributed by atoms with E-state index in [4.69, 9.17) is 0 Å². The van der Waals surface area contributed by atoms with Gasteiger partial charge in [0.15, 0.2) is 5.78 Å². The van der Waals surface area contributed by atoms with Crippen molar-refractivity contribution in [2.24, 2.45) is 0 Å². The molecular formula is C21H24N2O4. The van der Waals surface area contributed by atoms with Gasteiger partial charge in [-0.3, -0.25) is 23.7 Å². The van der Waals surface area contributed by atoms with Crippen molar-refractivity contribution >= 4 is 28.3 Å². The molecule has 0 bridgehead atoms. The second kappa shape index (κ2) is 7.94. The molecule has 3 rings (SSSR count). The molecule has 1 fully saturated rings. The van der Waals surface area contributed by atoms with Gasteiger partial charge < -0.3 is 0 Å². The molecule has 1 unspecified atom stereocenters. The van der Waals surface area contributed by atoms with E-state index >= 15 is 0 Å². The zero-order valence-electron chi connectivity index (χ0n) is 15.8. The topological polar surface area (TPSA) is 86.1 Å². The van der Waals surface area contributed by atoms with Gasteiger partial charge in [-0.2, -0.15) is 0 Å². The van der Waals surface area contributed by atoms with Crippen molar-refractivity contribution in [2.45, 2.75) is 64.8 Å². The summed E-state index contributed by atoms with van der Waals surface area (Å²) < 4.78 is 1.44. The summed E-state index contributed by atoms with van der Waals surface area (Å²) in [5, 5.41) is 0.470. The van der Waals surface area contributed by atoms with E-state index in [0.29, 0.717) is 48.8 Å². The highest BCUT2D eigenvalue weighted by atomic mass is 16.2. The van der Waals surface area contributed by atoms with Crippen LogP contribution in [0.25, 0.3) is 10.9 Å². The number of carbonyl (C=O) groups excluding carboxylic acids is 3. The Morgan fingerprint density at radius 2 is 2.00 bits per heavy atom. The SMILES string of the molecule is CCCC(=O)CCc1cccc2nc(C)n(C3CCC(=O)CC3=O)c(=O)c12. The van der Waals surface area contributed by atoms with E-state index in [9.17, 15) is 19.2 Å². The Kier molecular flexibility index (Phi) is 5.63. The van der Waals surface area contributed by atoms with Crippen LogP contribution in [-0.4, -0.2) is 26.9 Å². The molecule has 1 heterocycles. The first kappa shape index (κ1) is 19.1. The first-order valence-corrected chi connectivity index (χ1v) is 9.49. The third kappa shape index (κ3) is 3.89. The Balaban J connectivity index is 2.05. The molecule has 1 aromatic carbocycles. The third-order valence-corrected chi connectivity index (χ3v) is 5.15. The van der Waals surface area contributed by atoms with Crippen LogP contribution in [0.4, 0.5) is 0 Å². The van der Waals surface area contributed by atoms with E-state index in [1.54, 1.807) is 13.0 Å². The normalized spacial score (nSPS) is 17.5. The lowest BCUT2D eigenvalue weighted by atomic mass is 9.92. The Hall–Kier alpha value is -2.63. The maximum Gasteiger partial charge on any atom is 0.262 e. The van der Waals surface area contributed by atoms with Crippen LogP contribution in [0.2, 0.25) is 0 Å². The highest BCUT2D eigenvalue weighted by Crippen LogP contribution is 2.25. The van der Waals surface area contributed by atoms with E-state index in [2.05, 4.69) is 4.98 Å². The molecule has 0 saturated heterocycles. The van der Waals surface area contributed by atoms with E-state index in [1.165, 1.54) is 4.57 Å². The number of aromatic nitrogens is 2. The summed E-state index contributed by atoms with van der Waals surface area (Å²) in [5.74, 6) is 0.342. The molecule has 1 atom stereocenters. The molecule has 1 aliphatic rings. The van der Waals surface area contributed by atoms with E-state index in [-0.39, 0.29) is 29.3 Å². The monoisotopic (exact) mass is 368 g/mol. The smallest absolute Gasteiger partial charge is 0.262 e. The zero-order valence-corrected chi connectivity index (χ0v) is 15.8. The molecule has 6 nitrogen and oxygen atoms in total. The molecule has 142 valence electrons. The quantitative estimate of drug-likeness (QED) is 0.732. The van der Waals surface area contributed by atoms with Crippen molar-refractivity contribution < 1.29 is 14.4 Å². The summed E-state index contributed by atoms with van der Waals surface area (Å²) in [7, 11) is 0. The summed E-state index contributed by atoms with van der Waals surface area (Å²) in [5.41, 5.74) is 1.10. The fraction of sp³-hybridized carbons (Fsp3) is 0.476. The lowest BCUT2D eigenvalue weighted by molar-refractivity contribution is -0.132. The first-order chi connectivity index (χ1) is 12.9. The van der Waals surface area contributed by atoms with Crippen molar-refractivity contribution in [1.82, 2.24) is 9.55 Å². The average molecular weight is 368 g/mol. The third-order valence-electron chi connectivity index (χ3n) is 5.15. The fourth-order valence-electron chi connectivity index (χ4n) is 3.81. The van der Waals surface area contributed by atoms with Gasteiger partial charge in [-0.05, 0) is 37.8 Å². The molecule has 6 heteroatoms. The number of aryl methyl sites for hydroxylation is 2. The van der Waals surface area contributed by atoms with Crippen LogP contribution in [0.1, 0.15) is 62.9 Å². The van der Waals surface area contributed by atoms with Crippen molar-refractivity contribution in [3.63, 3.8) is 0 Å². The Morgan fingerprint density at radius 3 is 2.70 bits per heavy atom. The van der Waals surface area contributed by atoms with Gasteiger partial charge in [-0.25, -0.2) is 4.98 Å². The van der Waals surface area contributed by atoms with Crippen LogP contribution in [0.3, 0.4) is 0 Å². The van der Waals surface area contributed by atoms with Crippen LogP contribution >= 0.6 is 0 Å². The standard InChI is InChI=1S/C21H24N2O4/c1-3-5-15(24)9-8-14-6-4-7-17-20(14)21(27)23(13(2)22-17)18-11-10-16(25)12-19(18)26/h4,6-7,18H,3,5,8-12H2,1-2H3. The van der Waals surface area contributed by atoms with Crippen LogP contribution < -0.4 is 5.56 Å². The minimum atomic E-state index is -0.637. The number of hydrogen-bond donors (Lipinski definition) is 0. The number of hydrogen-bond acceptors (Lipinski definition) is 5. The second-order valence-corrected chi connectivity index (χ2v) is 7.17. The predicted octanol–water partition coefficient (Wildman–Crippen LogP) is 2.87. The lowest BCUT2D eigenvalue weighted by Crippen LogP contribution is -2.36. The second-order valence-electron chi connectivity index (χ2n) is 7.17.